The fraction of sp³-hybridized carbons (Fsp3) is 0.500. The molecule has 0 aromatic heterocycles. The molecule has 0 radical (unpaired) electrons. The van der Waals surface area contributed by atoms with Gasteiger partial charge in [0.15, 0.2) is 0 Å². The van der Waals surface area contributed by atoms with Crippen molar-refractivity contribution in [3.63, 3.8) is 0 Å². The molecule has 0 atom stereocenters. The lowest BCUT2D eigenvalue weighted by Crippen LogP contribution is -2.38. The van der Waals surface area contributed by atoms with Crippen molar-refractivity contribution in [2.45, 2.75) is 20.3 Å². The Balaban J connectivity index is 2.57. The Hall–Kier alpha value is -1.55. The first-order valence-electron chi connectivity index (χ1n) is 6.03. The summed E-state index contributed by atoms with van der Waals surface area (Å²) in [4.78, 5) is 13.7. The third-order valence-corrected chi connectivity index (χ3v) is 2.85. The second-order valence-corrected chi connectivity index (χ2v) is 5.49. The summed E-state index contributed by atoms with van der Waals surface area (Å²) in [6.07, 6.45) is 0.359. The Kier molecular flexibility index (Phi) is 4.73. The number of carbonyl (C=O) groups is 1. The molecule has 0 fully saturated rings. The smallest absolute Gasteiger partial charge is 0.226 e. The van der Waals surface area contributed by atoms with Crippen LogP contribution in [0.15, 0.2) is 24.3 Å². The average molecular weight is 250 g/mol. The first-order chi connectivity index (χ1) is 8.34. The maximum atomic E-state index is 12.0. The van der Waals surface area contributed by atoms with Crippen molar-refractivity contribution < 1.29 is 9.90 Å². The van der Waals surface area contributed by atoms with Crippen LogP contribution in [0.25, 0.3) is 0 Å². The molecule has 0 saturated heterocycles. The van der Waals surface area contributed by atoms with E-state index in [4.69, 9.17) is 5.73 Å². The molecule has 1 amide bonds. The van der Waals surface area contributed by atoms with Crippen LogP contribution < -0.4 is 5.73 Å². The molecule has 18 heavy (non-hydrogen) atoms. The fourth-order valence-electron chi connectivity index (χ4n) is 1.73. The van der Waals surface area contributed by atoms with Crippen molar-refractivity contribution in [3.8, 4) is 0 Å². The van der Waals surface area contributed by atoms with E-state index in [0.717, 1.165) is 5.56 Å². The van der Waals surface area contributed by atoms with Gasteiger partial charge in [-0.05, 0) is 17.7 Å². The van der Waals surface area contributed by atoms with Gasteiger partial charge in [0, 0.05) is 31.3 Å². The molecule has 1 aromatic rings. The molecular formula is C14H22N2O2. The lowest BCUT2D eigenvalue weighted by molar-refractivity contribution is -0.130. The quantitative estimate of drug-likeness (QED) is 0.774. The summed E-state index contributed by atoms with van der Waals surface area (Å²) in [6, 6.07) is 7.30. The van der Waals surface area contributed by atoms with Gasteiger partial charge >= 0.3 is 0 Å². The first-order valence-corrected chi connectivity index (χ1v) is 6.03. The standard InChI is InChI=1S/C14H22N2O2/c1-14(2,10-17)9-16(3)13(18)8-11-4-6-12(15)7-5-11/h4-7,17H,8-10,15H2,1-3H3. The highest BCUT2D eigenvalue weighted by molar-refractivity contribution is 5.78. The molecule has 0 unspecified atom stereocenters. The Labute approximate surface area is 108 Å². The van der Waals surface area contributed by atoms with Crippen molar-refractivity contribution >= 4 is 11.6 Å². The van der Waals surface area contributed by atoms with Crippen molar-refractivity contribution in [1.82, 2.24) is 4.90 Å². The summed E-state index contributed by atoms with van der Waals surface area (Å²) >= 11 is 0. The van der Waals surface area contributed by atoms with Gasteiger partial charge in [0.25, 0.3) is 0 Å². The van der Waals surface area contributed by atoms with E-state index < -0.39 is 0 Å². The Morgan fingerprint density at radius 1 is 1.33 bits per heavy atom. The number of nitrogens with two attached hydrogens (primary N) is 1. The number of amides is 1. The van der Waals surface area contributed by atoms with Gasteiger partial charge < -0.3 is 15.7 Å². The highest BCUT2D eigenvalue weighted by atomic mass is 16.3. The van der Waals surface area contributed by atoms with Gasteiger partial charge in [0.1, 0.15) is 0 Å². The summed E-state index contributed by atoms with van der Waals surface area (Å²) in [5.41, 5.74) is 6.97. The number of anilines is 1. The van der Waals surface area contributed by atoms with Crippen molar-refractivity contribution in [2.24, 2.45) is 5.41 Å². The van der Waals surface area contributed by atoms with Gasteiger partial charge in [0.05, 0.1) is 6.42 Å². The van der Waals surface area contributed by atoms with E-state index in [1.54, 1.807) is 24.1 Å². The van der Waals surface area contributed by atoms with E-state index in [0.29, 0.717) is 18.7 Å². The zero-order valence-electron chi connectivity index (χ0n) is 11.3. The predicted molar refractivity (Wildman–Crippen MR) is 73.1 cm³/mol. The normalized spacial score (nSPS) is 11.3. The Morgan fingerprint density at radius 2 is 1.89 bits per heavy atom. The number of likely N-dealkylation sites (N-methyl/N-ethyl adjacent to an activating group) is 1. The number of nitrogens with zero attached hydrogens (tertiary/aromatic N) is 1. The number of benzene rings is 1. The lowest BCUT2D eigenvalue weighted by atomic mass is 9.94. The number of nitrogen functional groups attached to an aromatic ring is 1. The van der Waals surface area contributed by atoms with Crippen LogP contribution in [0.5, 0.6) is 0 Å². The van der Waals surface area contributed by atoms with Gasteiger partial charge in [0.2, 0.25) is 5.91 Å². The zero-order chi connectivity index (χ0) is 13.8. The second-order valence-electron chi connectivity index (χ2n) is 5.49. The maximum Gasteiger partial charge on any atom is 0.226 e. The van der Waals surface area contributed by atoms with Crippen molar-refractivity contribution in [1.29, 1.82) is 0 Å². The Bertz CT molecular complexity index is 399. The van der Waals surface area contributed by atoms with Crippen molar-refractivity contribution in [2.75, 3.05) is 25.9 Å². The fourth-order valence-corrected chi connectivity index (χ4v) is 1.73. The molecule has 100 valence electrons. The van der Waals surface area contributed by atoms with Crippen LogP contribution in [0, 0.1) is 5.41 Å². The lowest BCUT2D eigenvalue weighted by Gasteiger charge is -2.28. The van der Waals surface area contributed by atoms with Crippen LogP contribution in [0.3, 0.4) is 0 Å². The van der Waals surface area contributed by atoms with E-state index in [-0.39, 0.29) is 17.9 Å². The van der Waals surface area contributed by atoms with Crippen LogP contribution >= 0.6 is 0 Å². The van der Waals surface area contributed by atoms with Gasteiger partial charge in [-0.25, -0.2) is 0 Å². The van der Waals surface area contributed by atoms with E-state index in [1.165, 1.54) is 0 Å². The van der Waals surface area contributed by atoms with E-state index in [2.05, 4.69) is 0 Å². The molecule has 0 heterocycles. The molecule has 0 saturated carbocycles. The van der Waals surface area contributed by atoms with Crippen LogP contribution in [0.2, 0.25) is 0 Å². The van der Waals surface area contributed by atoms with E-state index in [1.807, 2.05) is 26.0 Å². The van der Waals surface area contributed by atoms with E-state index in [9.17, 15) is 9.90 Å². The molecule has 4 nitrogen and oxygen atoms in total. The molecular weight excluding hydrogens is 228 g/mol. The van der Waals surface area contributed by atoms with Crippen LogP contribution in [0.4, 0.5) is 5.69 Å². The topological polar surface area (TPSA) is 66.6 Å². The molecule has 4 heteroatoms. The van der Waals surface area contributed by atoms with Crippen LogP contribution in [0.1, 0.15) is 19.4 Å². The highest BCUT2D eigenvalue weighted by Crippen LogP contribution is 2.15. The molecule has 0 bridgehead atoms. The summed E-state index contributed by atoms with van der Waals surface area (Å²) in [5, 5.41) is 9.19. The third-order valence-electron chi connectivity index (χ3n) is 2.85. The van der Waals surface area contributed by atoms with Crippen LogP contribution in [-0.2, 0) is 11.2 Å². The highest BCUT2D eigenvalue weighted by Gasteiger charge is 2.21. The van der Waals surface area contributed by atoms with Crippen molar-refractivity contribution in [3.05, 3.63) is 29.8 Å². The van der Waals surface area contributed by atoms with Gasteiger partial charge in [-0.15, -0.1) is 0 Å². The second kappa shape index (κ2) is 5.87. The Morgan fingerprint density at radius 3 is 2.39 bits per heavy atom. The number of hydrogen-bond acceptors (Lipinski definition) is 3. The summed E-state index contributed by atoms with van der Waals surface area (Å²) in [6.45, 7) is 4.46. The zero-order valence-corrected chi connectivity index (χ0v) is 11.3. The molecule has 3 N–H and O–H groups in total. The largest absolute Gasteiger partial charge is 0.399 e. The minimum absolute atomic E-state index is 0.0429. The van der Waals surface area contributed by atoms with Crippen LogP contribution in [-0.4, -0.2) is 36.1 Å². The maximum absolute atomic E-state index is 12.0. The van der Waals surface area contributed by atoms with Gasteiger partial charge in [-0.3, -0.25) is 4.79 Å². The minimum atomic E-state index is -0.272. The average Bonchev–Trinajstić information content (AvgIpc) is 2.31. The van der Waals surface area contributed by atoms with Gasteiger partial charge in [-0.2, -0.15) is 0 Å². The van der Waals surface area contributed by atoms with Gasteiger partial charge in [-0.1, -0.05) is 26.0 Å². The SMILES string of the molecule is CN(CC(C)(C)CO)C(=O)Cc1ccc(N)cc1. The molecule has 0 spiro atoms. The summed E-state index contributed by atoms with van der Waals surface area (Å²) in [7, 11) is 1.76. The molecule has 0 aliphatic heterocycles. The number of hydrogen-bond donors (Lipinski definition) is 2. The molecule has 0 aliphatic carbocycles. The number of carbonyl (C=O) groups excluding carboxylic acids is 1. The molecule has 1 aromatic carbocycles. The molecule has 1 rings (SSSR count). The predicted octanol–water partition coefficient (Wildman–Crippen LogP) is 1.29. The summed E-state index contributed by atoms with van der Waals surface area (Å²) < 4.78 is 0. The number of rotatable bonds is 5. The first kappa shape index (κ1) is 14.5. The minimum Gasteiger partial charge on any atom is -0.399 e. The molecule has 0 aliphatic rings. The van der Waals surface area contributed by atoms with E-state index >= 15 is 0 Å². The summed E-state index contributed by atoms with van der Waals surface area (Å²) in [5.74, 6) is 0.0429. The monoisotopic (exact) mass is 250 g/mol. The number of aliphatic hydroxyl groups is 1. The third kappa shape index (κ3) is 4.37. The number of aliphatic hydroxyl groups excluding tert-OH is 1.